The molecule has 0 aromatic carbocycles. The molecule has 2 heterocycles. The number of thioether (sulfide) groups is 1. The summed E-state index contributed by atoms with van der Waals surface area (Å²) in [5.41, 5.74) is 1.03. The molecule has 2 aromatic heterocycles. The Labute approximate surface area is 88.7 Å². The molecule has 0 aliphatic carbocycles. The van der Waals surface area contributed by atoms with Crippen molar-refractivity contribution in [3.8, 4) is 0 Å². The van der Waals surface area contributed by atoms with E-state index < -0.39 is 5.76 Å². The highest BCUT2D eigenvalue weighted by molar-refractivity contribution is 7.99. The molecular formula is C8H8F2N4S. The second kappa shape index (κ2) is 4.09. The Morgan fingerprint density at radius 1 is 1.40 bits per heavy atom. The number of rotatable bonds is 3. The van der Waals surface area contributed by atoms with Gasteiger partial charge >= 0.3 is 0 Å². The van der Waals surface area contributed by atoms with Crippen LogP contribution < -0.4 is 0 Å². The minimum Gasteiger partial charge on any atom is -0.315 e. The van der Waals surface area contributed by atoms with E-state index in [1.54, 1.807) is 10.9 Å². The van der Waals surface area contributed by atoms with Gasteiger partial charge in [-0.05, 0) is 18.7 Å². The number of fused-ring (bicyclic) bond motifs is 1. The predicted molar refractivity (Wildman–Crippen MR) is 52.9 cm³/mol. The lowest BCUT2D eigenvalue weighted by atomic mass is 10.5. The van der Waals surface area contributed by atoms with E-state index in [-0.39, 0.29) is 5.03 Å². The van der Waals surface area contributed by atoms with Gasteiger partial charge in [-0.25, -0.2) is 15.0 Å². The van der Waals surface area contributed by atoms with Gasteiger partial charge in [-0.1, -0.05) is 0 Å². The lowest BCUT2D eigenvalue weighted by molar-refractivity contribution is 0.252. The molecule has 0 radical (unpaired) electrons. The quantitative estimate of drug-likeness (QED) is 0.598. The monoisotopic (exact) mass is 230 g/mol. The van der Waals surface area contributed by atoms with E-state index >= 15 is 0 Å². The number of aryl methyl sites for hydroxylation is 1. The molecule has 0 saturated carbocycles. The predicted octanol–water partition coefficient (Wildman–Crippen LogP) is 2.16. The topological polar surface area (TPSA) is 43.6 Å². The summed E-state index contributed by atoms with van der Waals surface area (Å²) in [5.74, 6) is -2.49. The number of nitrogens with zero attached hydrogens (tertiary/aromatic N) is 4. The molecule has 0 amide bonds. The van der Waals surface area contributed by atoms with Gasteiger partial charge in [-0.15, -0.1) is 0 Å². The summed E-state index contributed by atoms with van der Waals surface area (Å²) in [6, 6.07) is 0. The Morgan fingerprint density at radius 2 is 2.20 bits per heavy atom. The van der Waals surface area contributed by atoms with E-state index in [1.807, 2.05) is 6.92 Å². The lowest BCUT2D eigenvalue weighted by Gasteiger charge is -2.00. The minimum absolute atomic E-state index is 0.224. The van der Waals surface area contributed by atoms with Crippen LogP contribution in [-0.2, 0) is 6.54 Å². The molecular weight excluding hydrogens is 222 g/mol. The molecule has 0 saturated heterocycles. The Bertz CT molecular complexity index is 471. The van der Waals surface area contributed by atoms with Crippen LogP contribution in [0.3, 0.4) is 0 Å². The van der Waals surface area contributed by atoms with Crippen molar-refractivity contribution < 1.29 is 8.78 Å². The smallest absolute Gasteiger partial charge is 0.290 e. The first kappa shape index (κ1) is 10.3. The van der Waals surface area contributed by atoms with Crippen LogP contribution in [-0.4, -0.2) is 25.3 Å². The first-order valence-electron chi connectivity index (χ1n) is 4.33. The minimum atomic E-state index is -2.49. The van der Waals surface area contributed by atoms with E-state index in [1.165, 1.54) is 6.33 Å². The van der Waals surface area contributed by atoms with Gasteiger partial charge in [0.1, 0.15) is 16.9 Å². The molecule has 7 heteroatoms. The summed E-state index contributed by atoms with van der Waals surface area (Å²) in [6.45, 7) is 2.63. The average Bonchev–Trinajstić information content (AvgIpc) is 2.61. The van der Waals surface area contributed by atoms with Crippen LogP contribution in [0.1, 0.15) is 6.92 Å². The van der Waals surface area contributed by atoms with Crippen LogP contribution in [0.4, 0.5) is 8.78 Å². The zero-order chi connectivity index (χ0) is 10.8. The third kappa shape index (κ3) is 1.92. The Kier molecular flexibility index (Phi) is 2.81. The first-order chi connectivity index (χ1) is 7.22. The van der Waals surface area contributed by atoms with Crippen molar-refractivity contribution in [2.75, 3.05) is 0 Å². The number of hydrogen-bond donors (Lipinski definition) is 0. The van der Waals surface area contributed by atoms with Gasteiger partial charge in [0.25, 0.3) is 5.76 Å². The lowest BCUT2D eigenvalue weighted by Crippen LogP contribution is -1.95. The van der Waals surface area contributed by atoms with Crippen molar-refractivity contribution >= 4 is 22.9 Å². The second-order valence-electron chi connectivity index (χ2n) is 2.76. The maximum absolute atomic E-state index is 12.2. The summed E-state index contributed by atoms with van der Waals surface area (Å²) in [7, 11) is 0. The van der Waals surface area contributed by atoms with E-state index in [9.17, 15) is 8.78 Å². The van der Waals surface area contributed by atoms with Gasteiger partial charge in [0.15, 0.2) is 5.65 Å². The van der Waals surface area contributed by atoms with Gasteiger partial charge in [-0.2, -0.15) is 8.78 Å². The van der Waals surface area contributed by atoms with Gasteiger partial charge in [0.05, 0.1) is 6.33 Å². The van der Waals surface area contributed by atoms with Gasteiger partial charge in [0.2, 0.25) is 0 Å². The average molecular weight is 230 g/mol. The van der Waals surface area contributed by atoms with Gasteiger partial charge in [0, 0.05) is 6.54 Å². The van der Waals surface area contributed by atoms with Crippen molar-refractivity contribution in [2.24, 2.45) is 0 Å². The van der Waals surface area contributed by atoms with Crippen molar-refractivity contribution in [3.05, 3.63) is 12.7 Å². The van der Waals surface area contributed by atoms with Gasteiger partial charge < -0.3 is 4.57 Å². The zero-order valence-electron chi connectivity index (χ0n) is 7.89. The first-order valence-corrected chi connectivity index (χ1v) is 5.21. The largest absolute Gasteiger partial charge is 0.315 e. The second-order valence-corrected chi connectivity index (χ2v) is 3.74. The molecule has 0 bridgehead atoms. The molecule has 0 aliphatic rings. The summed E-state index contributed by atoms with van der Waals surface area (Å²) in [5, 5.41) is 0.224. The van der Waals surface area contributed by atoms with Crippen LogP contribution >= 0.6 is 11.8 Å². The molecule has 0 N–H and O–H groups in total. The summed E-state index contributed by atoms with van der Waals surface area (Å²) in [6.07, 6.45) is 2.86. The van der Waals surface area contributed by atoms with E-state index in [4.69, 9.17) is 0 Å². The highest BCUT2D eigenvalue weighted by atomic mass is 32.2. The van der Waals surface area contributed by atoms with Crippen molar-refractivity contribution in [3.63, 3.8) is 0 Å². The number of alkyl halides is 2. The van der Waals surface area contributed by atoms with E-state index in [0.29, 0.717) is 29.5 Å². The number of halogens is 2. The van der Waals surface area contributed by atoms with Crippen LogP contribution in [0.5, 0.6) is 0 Å². The fourth-order valence-corrected chi connectivity index (χ4v) is 1.79. The third-order valence-corrected chi connectivity index (χ3v) is 2.61. The highest BCUT2D eigenvalue weighted by Crippen LogP contribution is 2.27. The fraction of sp³-hybridized carbons (Fsp3) is 0.375. The molecule has 4 nitrogen and oxygen atoms in total. The van der Waals surface area contributed by atoms with Crippen LogP contribution in [0.2, 0.25) is 0 Å². The maximum atomic E-state index is 12.2. The molecule has 0 fully saturated rings. The van der Waals surface area contributed by atoms with Crippen LogP contribution in [0.25, 0.3) is 11.2 Å². The van der Waals surface area contributed by atoms with E-state index in [0.717, 1.165) is 0 Å². The summed E-state index contributed by atoms with van der Waals surface area (Å²) in [4.78, 5) is 11.8. The fourth-order valence-electron chi connectivity index (χ4n) is 1.26. The molecule has 0 spiro atoms. The number of imidazole rings is 1. The molecule has 15 heavy (non-hydrogen) atoms. The number of aromatic nitrogens is 4. The highest BCUT2D eigenvalue weighted by Gasteiger charge is 2.13. The zero-order valence-corrected chi connectivity index (χ0v) is 8.71. The Hall–Kier alpha value is -1.24. The van der Waals surface area contributed by atoms with Crippen LogP contribution in [0.15, 0.2) is 17.7 Å². The van der Waals surface area contributed by atoms with Crippen molar-refractivity contribution in [1.82, 2.24) is 19.5 Å². The van der Waals surface area contributed by atoms with E-state index in [2.05, 4.69) is 15.0 Å². The molecule has 2 aromatic rings. The maximum Gasteiger partial charge on any atom is 0.290 e. The third-order valence-electron chi connectivity index (χ3n) is 1.91. The summed E-state index contributed by atoms with van der Waals surface area (Å²) < 4.78 is 26.2. The van der Waals surface area contributed by atoms with Crippen molar-refractivity contribution in [1.29, 1.82) is 0 Å². The standard InChI is InChI=1S/C8H8F2N4S/c1-2-14-4-13-5-6(14)11-3-12-7(5)15-8(9)10/h3-4,8H,2H2,1H3. The molecule has 0 atom stereocenters. The molecule has 0 aliphatic heterocycles. The Balaban J connectivity index is 2.52. The normalized spacial score (nSPS) is 11.5. The SMILES string of the molecule is CCn1cnc2c(SC(F)F)ncnc21. The molecule has 0 unspecified atom stereocenters. The molecule has 2 rings (SSSR count). The van der Waals surface area contributed by atoms with Gasteiger partial charge in [-0.3, -0.25) is 0 Å². The molecule has 80 valence electrons. The number of hydrogen-bond acceptors (Lipinski definition) is 4. The Morgan fingerprint density at radius 3 is 2.87 bits per heavy atom. The van der Waals surface area contributed by atoms with Crippen LogP contribution in [0, 0.1) is 0 Å². The van der Waals surface area contributed by atoms with Crippen molar-refractivity contribution in [2.45, 2.75) is 24.3 Å². The summed E-state index contributed by atoms with van der Waals surface area (Å²) >= 11 is 0.391.